The van der Waals surface area contributed by atoms with Crippen molar-refractivity contribution in [3.63, 3.8) is 0 Å². The van der Waals surface area contributed by atoms with Gasteiger partial charge in [0.25, 0.3) is 0 Å². The highest BCUT2D eigenvalue weighted by atomic mass is 16.5. The molecule has 134 valence electrons. The first kappa shape index (κ1) is 20.4. The van der Waals surface area contributed by atoms with Crippen molar-refractivity contribution >= 4 is 18.0 Å². The summed E-state index contributed by atoms with van der Waals surface area (Å²) in [6.45, 7) is 6.86. The Labute approximate surface area is 149 Å². The van der Waals surface area contributed by atoms with Crippen molar-refractivity contribution in [3.8, 4) is 6.07 Å². The second kappa shape index (κ2) is 11.0. The molecule has 0 aromatic heterocycles. The van der Waals surface area contributed by atoms with E-state index in [1.165, 1.54) is 16.5 Å². The van der Waals surface area contributed by atoms with E-state index >= 15 is 0 Å². The number of nitrogens with zero attached hydrogens (tertiary/aromatic N) is 2. The standard InChI is InChI=1S/C20H26N2O3/c1-4-25-20(24)12-15-22(14-5-13-21)19(23)11-8-17-6-9-18(10-7-17)16(2)3/h6-11,16H,4-5,12,14-15H2,1-3H3/b11-8+. The van der Waals surface area contributed by atoms with Crippen molar-refractivity contribution in [2.24, 2.45) is 0 Å². The Hall–Kier alpha value is -2.61. The Morgan fingerprint density at radius 1 is 1.24 bits per heavy atom. The van der Waals surface area contributed by atoms with Gasteiger partial charge >= 0.3 is 5.97 Å². The summed E-state index contributed by atoms with van der Waals surface area (Å²) >= 11 is 0. The number of hydrogen-bond acceptors (Lipinski definition) is 4. The molecule has 0 heterocycles. The minimum atomic E-state index is -0.342. The van der Waals surface area contributed by atoms with Crippen LogP contribution in [-0.2, 0) is 14.3 Å². The zero-order chi connectivity index (χ0) is 18.7. The number of esters is 1. The van der Waals surface area contributed by atoms with E-state index in [-0.39, 0.29) is 31.3 Å². The van der Waals surface area contributed by atoms with Crippen LogP contribution >= 0.6 is 0 Å². The highest BCUT2D eigenvalue weighted by Crippen LogP contribution is 2.15. The number of nitriles is 1. The minimum Gasteiger partial charge on any atom is -0.466 e. The Morgan fingerprint density at radius 2 is 1.92 bits per heavy atom. The summed E-state index contributed by atoms with van der Waals surface area (Å²) in [7, 11) is 0. The van der Waals surface area contributed by atoms with Crippen LogP contribution in [0, 0.1) is 11.3 Å². The number of ether oxygens (including phenoxy) is 1. The van der Waals surface area contributed by atoms with Crippen molar-refractivity contribution in [1.82, 2.24) is 4.90 Å². The monoisotopic (exact) mass is 342 g/mol. The SMILES string of the molecule is CCOC(=O)CCN(CCC#N)C(=O)/C=C/c1ccc(C(C)C)cc1. The van der Waals surface area contributed by atoms with Crippen molar-refractivity contribution in [2.45, 2.75) is 39.5 Å². The van der Waals surface area contributed by atoms with Crippen LogP contribution in [0.4, 0.5) is 0 Å². The smallest absolute Gasteiger partial charge is 0.307 e. The van der Waals surface area contributed by atoms with Crippen molar-refractivity contribution in [2.75, 3.05) is 19.7 Å². The highest BCUT2D eigenvalue weighted by molar-refractivity contribution is 5.92. The Morgan fingerprint density at radius 3 is 2.48 bits per heavy atom. The first-order valence-corrected chi connectivity index (χ1v) is 8.57. The molecule has 1 aromatic rings. The number of benzene rings is 1. The fraction of sp³-hybridized carbons (Fsp3) is 0.450. The Bertz CT molecular complexity index is 627. The molecule has 0 aliphatic rings. The predicted molar refractivity (Wildman–Crippen MR) is 97.6 cm³/mol. The summed E-state index contributed by atoms with van der Waals surface area (Å²) in [5.74, 6) is -0.0954. The molecule has 0 N–H and O–H groups in total. The van der Waals surface area contributed by atoms with E-state index in [1.54, 1.807) is 13.0 Å². The number of rotatable bonds is 9. The van der Waals surface area contributed by atoms with Gasteiger partial charge in [0.1, 0.15) is 0 Å². The molecular weight excluding hydrogens is 316 g/mol. The summed E-state index contributed by atoms with van der Waals surface area (Å²) in [5.41, 5.74) is 2.18. The van der Waals surface area contributed by atoms with Gasteiger partial charge in [-0.3, -0.25) is 9.59 Å². The number of carbonyl (C=O) groups is 2. The lowest BCUT2D eigenvalue weighted by Crippen LogP contribution is -2.32. The Balaban J connectivity index is 2.69. The first-order valence-electron chi connectivity index (χ1n) is 8.57. The van der Waals surface area contributed by atoms with Gasteiger partial charge in [-0.25, -0.2) is 0 Å². The van der Waals surface area contributed by atoms with Crippen LogP contribution in [0.15, 0.2) is 30.3 Å². The van der Waals surface area contributed by atoms with Gasteiger partial charge in [0, 0.05) is 19.2 Å². The fourth-order valence-corrected chi connectivity index (χ4v) is 2.24. The minimum absolute atomic E-state index is 0.127. The average Bonchev–Trinajstić information content (AvgIpc) is 2.60. The van der Waals surface area contributed by atoms with Gasteiger partial charge in [-0.2, -0.15) is 5.26 Å². The molecule has 0 aliphatic heterocycles. The lowest BCUT2D eigenvalue weighted by molar-refractivity contribution is -0.143. The first-order chi connectivity index (χ1) is 12.0. The third-order valence-electron chi connectivity index (χ3n) is 3.72. The zero-order valence-corrected chi connectivity index (χ0v) is 15.2. The summed E-state index contributed by atoms with van der Waals surface area (Å²) in [6.07, 6.45) is 3.58. The maximum absolute atomic E-state index is 12.3. The quantitative estimate of drug-likeness (QED) is 0.508. The van der Waals surface area contributed by atoms with E-state index < -0.39 is 0 Å². The summed E-state index contributed by atoms with van der Waals surface area (Å²) in [6, 6.07) is 10.1. The van der Waals surface area contributed by atoms with Gasteiger partial charge < -0.3 is 9.64 Å². The molecule has 1 aromatic carbocycles. The van der Waals surface area contributed by atoms with Crippen LogP contribution in [0.2, 0.25) is 0 Å². The van der Waals surface area contributed by atoms with Gasteiger partial charge in [0.15, 0.2) is 0 Å². The van der Waals surface area contributed by atoms with E-state index in [2.05, 4.69) is 13.8 Å². The van der Waals surface area contributed by atoms with Crippen LogP contribution in [0.25, 0.3) is 6.08 Å². The molecule has 1 amide bonds. The van der Waals surface area contributed by atoms with E-state index in [4.69, 9.17) is 10.00 Å². The van der Waals surface area contributed by atoms with E-state index in [0.29, 0.717) is 19.1 Å². The summed E-state index contributed by atoms with van der Waals surface area (Å²) in [4.78, 5) is 25.3. The molecule has 0 unspecified atom stereocenters. The van der Waals surface area contributed by atoms with Crippen LogP contribution in [0.3, 0.4) is 0 Å². The fourth-order valence-electron chi connectivity index (χ4n) is 2.24. The third-order valence-corrected chi connectivity index (χ3v) is 3.72. The average molecular weight is 342 g/mol. The molecule has 5 heteroatoms. The molecule has 5 nitrogen and oxygen atoms in total. The van der Waals surface area contributed by atoms with Gasteiger partial charge in [-0.1, -0.05) is 38.1 Å². The van der Waals surface area contributed by atoms with Crippen LogP contribution in [0.5, 0.6) is 0 Å². The van der Waals surface area contributed by atoms with Crippen LogP contribution in [0.1, 0.15) is 50.7 Å². The van der Waals surface area contributed by atoms with Crippen LogP contribution in [-0.4, -0.2) is 36.5 Å². The molecule has 0 spiro atoms. The normalized spacial score (nSPS) is 10.7. The molecule has 25 heavy (non-hydrogen) atoms. The largest absolute Gasteiger partial charge is 0.466 e. The molecule has 0 saturated heterocycles. The second-order valence-corrected chi connectivity index (χ2v) is 5.94. The number of hydrogen-bond donors (Lipinski definition) is 0. The van der Waals surface area contributed by atoms with Gasteiger partial charge in [0.05, 0.1) is 25.5 Å². The third kappa shape index (κ3) is 7.67. The van der Waals surface area contributed by atoms with E-state index in [9.17, 15) is 9.59 Å². The molecule has 0 saturated carbocycles. The van der Waals surface area contributed by atoms with Crippen molar-refractivity contribution in [3.05, 3.63) is 41.5 Å². The molecular formula is C20H26N2O3. The van der Waals surface area contributed by atoms with Gasteiger partial charge in [-0.05, 0) is 30.0 Å². The summed E-state index contributed by atoms with van der Waals surface area (Å²) < 4.78 is 4.88. The lowest BCUT2D eigenvalue weighted by Gasteiger charge is -2.19. The number of amides is 1. The maximum Gasteiger partial charge on any atom is 0.307 e. The molecule has 0 bridgehead atoms. The van der Waals surface area contributed by atoms with Gasteiger partial charge in [0.2, 0.25) is 5.91 Å². The van der Waals surface area contributed by atoms with Gasteiger partial charge in [-0.15, -0.1) is 0 Å². The molecule has 1 rings (SSSR count). The Kier molecular flexibility index (Phi) is 9.02. The highest BCUT2D eigenvalue weighted by Gasteiger charge is 2.13. The molecule has 0 aliphatic carbocycles. The zero-order valence-electron chi connectivity index (χ0n) is 15.2. The van der Waals surface area contributed by atoms with E-state index in [0.717, 1.165) is 5.56 Å². The second-order valence-electron chi connectivity index (χ2n) is 5.94. The van der Waals surface area contributed by atoms with E-state index in [1.807, 2.05) is 30.3 Å². The molecule has 0 radical (unpaired) electrons. The summed E-state index contributed by atoms with van der Waals surface area (Å²) in [5, 5.41) is 8.74. The van der Waals surface area contributed by atoms with Crippen LogP contribution < -0.4 is 0 Å². The van der Waals surface area contributed by atoms with Crippen molar-refractivity contribution < 1.29 is 14.3 Å². The number of carbonyl (C=O) groups excluding carboxylic acids is 2. The molecule has 0 fully saturated rings. The lowest BCUT2D eigenvalue weighted by atomic mass is 10.0. The molecule has 0 atom stereocenters. The predicted octanol–water partition coefficient (Wildman–Crippen LogP) is 3.52. The van der Waals surface area contributed by atoms with Crippen molar-refractivity contribution in [1.29, 1.82) is 5.26 Å². The topological polar surface area (TPSA) is 70.4 Å². The maximum atomic E-state index is 12.3.